The highest BCUT2D eigenvalue weighted by Gasteiger charge is 2.18. The SMILES string of the molecule is CC1=CC(C)CC(CNC(C)c2cccs2)C1. The molecule has 0 saturated carbocycles. The van der Waals surface area contributed by atoms with Crippen molar-refractivity contribution in [2.24, 2.45) is 11.8 Å². The van der Waals surface area contributed by atoms with Gasteiger partial charge in [0.15, 0.2) is 0 Å². The van der Waals surface area contributed by atoms with E-state index in [0.29, 0.717) is 6.04 Å². The van der Waals surface area contributed by atoms with Gasteiger partial charge in [-0.05, 0) is 56.5 Å². The highest BCUT2D eigenvalue weighted by Crippen LogP contribution is 2.28. The van der Waals surface area contributed by atoms with Crippen LogP contribution in [-0.4, -0.2) is 6.54 Å². The van der Waals surface area contributed by atoms with E-state index in [1.807, 2.05) is 11.3 Å². The highest BCUT2D eigenvalue weighted by molar-refractivity contribution is 7.10. The molecule has 3 unspecified atom stereocenters. The van der Waals surface area contributed by atoms with Crippen LogP contribution in [0.3, 0.4) is 0 Å². The van der Waals surface area contributed by atoms with Gasteiger partial charge in [0.25, 0.3) is 0 Å². The lowest BCUT2D eigenvalue weighted by Gasteiger charge is -2.27. The topological polar surface area (TPSA) is 12.0 Å². The minimum atomic E-state index is 0.497. The Labute approximate surface area is 109 Å². The Morgan fingerprint density at radius 2 is 2.35 bits per heavy atom. The van der Waals surface area contributed by atoms with Gasteiger partial charge in [-0.2, -0.15) is 0 Å². The van der Waals surface area contributed by atoms with Crippen LogP contribution in [0.5, 0.6) is 0 Å². The second-order valence-electron chi connectivity index (χ2n) is 5.44. The van der Waals surface area contributed by atoms with Crippen molar-refractivity contribution >= 4 is 11.3 Å². The zero-order valence-electron chi connectivity index (χ0n) is 11.1. The van der Waals surface area contributed by atoms with Gasteiger partial charge in [0.05, 0.1) is 0 Å². The summed E-state index contributed by atoms with van der Waals surface area (Å²) in [5.41, 5.74) is 1.57. The zero-order valence-corrected chi connectivity index (χ0v) is 11.9. The molecule has 0 radical (unpaired) electrons. The predicted octanol–water partition coefficient (Wildman–Crippen LogP) is 4.39. The van der Waals surface area contributed by atoms with E-state index in [-0.39, 0.29) is 0 Å². The third kappa shape index (κ3) is 3.68. The minimum absolute atomic E-state index is 0.497. The summed E-state index contributed by atoms with van der Waals surface area (Å²) in [6.45, 7) is 8.01. The van der Waals surface area contributed by atoms with Gasteiger partial charge in [0.1, 0.15) is 0 Å². The second-order valence-corrected chi connectivity index (χ2v) is 6.42. The Morgan fingerprint density at radius 1 is 1.53 bits per heavy atom. The summed E-state index contributed by atoms with van der Waals surface area (Å²) >= 11 is 1.84. The van der Waals surface area contributed by atoms with Crippen LogP contribution >= 0.6 is 11.3 Å². The molecule has 3 atom stereocenters. The van der Waals surface area contributed by atoms with Crippen molar-refractivity contribution in [1.29, 1.82) is 0 Å². The summed E-state index contributed by atoms with van der Waals surface area (Å²) in [5.74, 6) is 1.57. The first-order valence-corrected chi connectivity index (χ1v) is 7.47. The summed E-state index contributed by atoms with van der Waals surface area (Å²) in [6.07, 6.45) is 5.04. The van der Waals surface area contributed by atoms with Crippen LogP contribution in [0, 0.1) is 11.8 Å². The molecule has 1 aromatic heterocycles. The third-order valence-electron chi connectivity index (χ3n) is 3.57. The van der Waals surface area contributed by atoms with E-state index in [4.69, 9.17) is 0 Å². The van der Waals surface area contributed by atoms with Crippen LogP contribution in [0.4, 0.5) is 0 Å². The number of hydrogen-bond donors (Lipinski definition) is 1. The predicted molar refractivity (Wildman–Crippen MR) is 76.4 cm³/mol. The molecule has 17 heavy (non-hydrogen) atoms. The standard InChI is InChI=1S/C15H23NS/c1-11-7-12(2)9-14(8-11)10-16-13(3)15-5-4-6-17-15/h4-7,11,13-14,16H,8-10H2,1-3H3. The molecule has 0 fully saturated rings. The fourth-order valence-corrected chi connectivity index (χ4v) is 3.58. The maximum absolute atomic E-state index is 3.68. The Balaban J connectivity index is 1.81. The van der Waals surface area contributed by atoms with Crippen molar-refractivity contribution in [2.45, 2.75) is 39.7 Å². The molecule has 1 nitrogen and oxygen atoms in total. The van der Waals surface area contributed by atoms with Gasteiger partial charge in [-0.25, -0.2) is 0 Å². The normalized spacial score (nSPS) is 26.6. The van der Waals surface area contributed by atoms with E-state index in [2.05, 4.69) is 49.7 Å². The summed E-state index contributed by atoms with van der Waals surface area (Å²) < 4.78 is 0. The number of hydrogen-bond acceptors (Lipinski definition) is 2. The Hall–Kier alpha value is -0.600. The molecule has 1 aliphatic carbocycles. The molecule has 94 valence electrons. The smallest absolute Gasteiger partial charge is 0.0386 e. The average molecular weight is 249 g/mol. The summed E-state index contributed by atoms with van der Waals surface area (Å²) in [6, 6.07) is 4.85. The molecule has 0 spiro atoms. The van der Waals surface area contributed by atoms with Crippen molar-refractivity contribution in [1.82, 2.24) is 5.32 Å². The fraction of sp³-hybridized carbons (Fsp3) is 0.600. The number of thiophene rings is 1. The maximum Gasteiger partial charge on any atom is 0.0386 e. The van der Waals surface area contributed by atoms with E-state index < -0.39 is 0 Å². The summed E-state index contributed by atoms with van der Waals surface area (Å²) in [4.78, 5) is 1.45. The first kappa shape index (κ1) is 12.8. The van der Waals surface area contributed by atoms with Crippen LogP contribution in [0.2, 0.25) is 0 Å². The van der Waals surface area contributed by atoms with E-state index >= 15 is 0 Å². The van der Waals surface area contributed by atoms with Crippen molar-refractivity contribution in [3.63, 3.8) is 0 Å². The van der Waals surface area contributed by atoms with Gasteiger partial charge in [-0.1, -0.05) is 24.6 Å². The van der Waals surface area contributed by atoms with Gasteiger partial charge in [-0.15, -0.1) is 11.3 Å². The molecule has 1 heterocycles. The first-order chi connectivity index (χ1) is 8.15. The monoisotopic (exact) mass is 249 g/mol. The molecule has 0 amide bonds. The van der Waals surface area contributed by atoms with Crippen LogP contribution in [-0.2, 0) is 0 Å². The van der Waals surface area contributed by atoms with Crippen LogP contribution < -0.4 is 5.32 Å². The second kappa shape index (κ2) is 5.83. The molecule has 0 bridgehead atoms. The lowest BCUT2D eigenvalue weighted by molar-refractivity contribution is 0.368. The van der Waals surface area contributed by atoms with Crippen molar-refractivity contribution in [3.8, 4) is 0 Å². The molecule has 0 aliphatic heterocycles. The third-order valence-corrected chi connectivity index (χ3v) is 4.62. The lowest BCUT2D eigenvalue weighted by atomic mass is 9.83. The fourth-order valence-electron chi connectivity index (χ4n) is 2.82. The average Bonchev–Trinajstić information content (AvgIpc) is 2.78. The van der Waals surface area contributed by atoms with Crippen LogP contribution in [0.25, 0.3) is 0 Å². The van der Waals surface area contributed by atoms with E-state index in [1.165, 1.54) is 17.7 Å². The molecular formula is C15H23NS. The van der Waals surface area contributed by atoms with E-state index in [9.17, 15) is 0 Å². The number of rotatable bonds is 4. The lowest BCUT2D eigenvalue weighted by Crippen LogP contribution is -2.28. The van der Waals surface area contributed by atoms with Crippen LogP contribution in [0.15, 0.2) is 29.2 Å². The summed E-state index contributed by atoms with van der Waals surface area (Å²) in [5, 5.41) is 5.83. The van der Waals surface area contributed by atoms with Crippen molar-refractivity contribution in [2.75, 3.05) is 6.54 Å². The largest absolute Gasteiger partial charge is 0.309 e. The van der Waals surface area contributed by atoms with E-state index in [0.717, 1.165) is 18.4 Å². The molecule has 2 heteroatoms. The minimum Gasteiger partial charge on any atom is -0.309 e. The maximum atomic E-state index is 3.68. The van der Waals surface area contributed by atoms with Gasteiger partial charge in [0, 0.05) is 10.9 Å². The van der Waals surface area contributed by atoms with Crippen molar-refractivity contribution < 1.29 is 0 Å². The van der Waals surface area contributed by atoms with Gasteiger partial charge < -0.3 is 5.32 Å². The van der Waals surface area contributed by atoms with E-state index in [1.54, 1.807) is 5.57 Å². The summed E-state index contributed by atoms with van der Waals surface area (Å²) in [7, 11) is 0. The number of nitrogens with one attached hydrogen (secondary N) is 1. The first-order valence-electron chi connectivity index (χ1n) is 6.59. The zero-order chi connectivity index (χ0) is 12.3. The van der Waals surface area contributed by atoms with Crippen LogP contribution in [0.1, 0.15) is 44.5 Å². The molecule has 1 N–H and O–H groups in total. The van der Waals surface area contributed by atoms with Gasteiger partial charge >= 0.3 is 0 Å². The molecular weight excluding hydrogens is 226 g/mol. The molecule has 1 aromatic rings. The Bertz CT molecular complexity index is 366. The van der Waals surface area contributed by atoms with Crippen molar-refractivity contribution in [3.05, 3.63) is 34.0 Å². The molecule has 1 aliphatic rings. The highest BCUT2D eigenvalue weighted by atomic mass is 32.1. The number of allylic oxidation sites excluding steroid dienone is 2. The Morgan fingerprint density at radius 3 is 3.00 bits per heavy atom. The Kier molecular flexibility index (Phi) is 4.41. The van der Waals surface area contributed by atoms with Gasteiger partial charge in [-0.3, -0.25) is 0 Å². The van der Waals surface area contributed by atoms with Gasteiger partial charge in [0.2, 0.25) is 0 Å². The molecule has 2 rings (SSSR count). The quantitative estimate of drug-likeness (QED) is 0.780. The molecule has 0 saturated heterocycles. The molecule has 0 aromatic carbocycles.